The van der Waals surface area contributed by atoms with Crippen LogP contribution < -0.4 is 11.1 Å². The molecule has 22 heavy (non-hydrogen) atoms. The summed E-state index contributed by atoms with van der Waals surface area (Å²) in [6.07, 6.45) is -0.223. The molecule has 0 aliphatic heterocycles. The van der Waals surface area contributed by atoms with Crippen molar-refractivity contribution in [2.24, 2.45) is 0 Å². The van der Waals surface area contributed by atoms with E-state index in [4.69, 9.17) is 5.73 Å². The monoisotopic (exact) mass is 298 g/mol. The number of nitrogens with two attached hydrogens (primary N) is 1. The largest absolute Gasteiger partial charge is 0.399 e. The molecule has 2 aromatic carbocycles. The maximum absolute atomic E-state index is 12.1. The van der Waals surface area contributed by atoms with Crippen molar-refractivity contribution < 1.29 is 9.90 Å². The summed E-state index contributed by atoms with van der Waals surface area (Å²) in [7, 11) is 0. The van der Waals surface area contributed by atoms with Gasteiger partial charge in [0.1, 0.15) is 0 Å². The first kappa shape index (κ1) is 16.2. The number of rotatable bonds is 7. The number of anilines is 1. The fourth-order valence-electron chi connectivity index (χ4n) is 2.32. The van der Waals surface area contributed by atoms with E-state index in [-0.39, 0.29) is 11.8 Å². The van der Waals surface area contributed by atoms with Gasteiger partial charge in [0.15, 0.2) is 5.78 Å². The number of aliphatic hydroxyl groups excluding tert-OH is 1. The van der Waals surface area contributed by atoms with Crippen LogP contribution in [0.4, 0.5) is 5.69 Å². The number of nitrogens with one attached hydrogen (secondary N) is 1. The highest BCUT2D eigenvalue weighted by molar-refractivity contribution is 5.96. The molecular weight excluding hydrogens is 276 g/mol. The molecular formula is C18H22N2O2. The van der Waals surface area contributed by atoms with Crippen LogP contribution >= 0.6 is 0 Å². The lowest BCUT2D eigenvalue weighted by atomic mass is 10.0. The van der Waals surface area contributed by atoms with E-state index in [9.17, 15) is 9.90 Å². The zero-order valence-electron chi connectivity index (χ0n) is 12.7. The summed E-state index contributed by atoms with van der Waals surface area (Å²) >= 11 is 0. The van der Waals surface area contributed by atoms with Gasteiger partial charge in [-0.1, -0.05) is 42.5 Å². The number of hydrogen-bond donors (Lipinski definition) is 3. The summed E-state index contributed by atoms with van der Waals surface area (Å²) in [6.45, 7) is 2.42. The van der Waals surface area contributed by atoms with Gasteiger partial charge in [-0.3, -0.25) is 4.79 Å². The summed E-state index contributed by atoms with van der Waals surface area (Å²) in [5.41, 5.74) is 7.75. The Balaban J connectivity index is 1.82. The molecule has 0 aliphatic carbocycles. The third-order valence-electron chi connectivity index (χ3n) is 3.64. The number of carbonyl (C=O) groups excluding carboxylic acids is 1. The van der Waals surface area contributed by atoms with E-state index in [1.54, 1.807) is 24.3 Å². The zero-order chi connectivity index (χ0) is 15.9. The van der Waals surface area contributed by atoms with Crippen LogP contribution in [0, 0.1) is 0 Å². The van der Waals surface area contributed by atoms with Crippen LogP contribution in [0.1, 0.15) is 35.4 Å². The van der Waals surface area contributed by atoms with E-state index in [0.717, 1.165) is 5.56 Å². The lowest BCUT2D eigenvalue weighted by Crippen LogP contribution is -2.33. The quantitative estimate of drug-likeness (QED) is 0.542. The first-order valence-electron chi connectivity index (χ1n) is 7.43. The van der Waals surface area contributed by atoms with Crippen LogP contribution in [0.2, 0.25) is 0 Å². The van der Waals surface area contributed by atoms with Gasteiger partial charge in [0.05, 0.1) is 6.10 Å². The van der Waals surface area contributed by atoms with Gasteiger partial charge in [-0.15, -0.1) is 0 Å². The second-order valence-corrected chi connectivity index (χ2v) is 5.40. The Kier molecular flexibility index (Phi) is 5.69. The number of carbonyl (C=O) groups is 1. The molecule has 0 aromatic heterocycles. The average molecular weight is 298 g/mol. The summed E-state index contributed by atoms with van der Waals surface area (Å²) in [4.78, 5) is 12.1. The minimum absolute atomic E-state index is 0.0428. The van der Waals surface area contributed by atoms with Crippen molar-refractivity contribution in [2.75, 3.05) is 12.3 Å². The average Bonchev–Trinajstić information content (AvgIpc) is 2.54. The fourth-order valence-corrected chi connectivity index (χ4v) is 2.32. The van der Waals surface area contributed by atoms with Crippen LogP contribution in [-0.2, 0) is 0 Å². The van der Waals surface area contributed by atoms with Crippen molar-refractivity contribution in [3.05, 3.63) is 65.7 Å². The molecule has 0 spiro atoms. The summed E-state index contributed by atoms with van der Waals surface area (Å²) < 4.78 is 0. The van der Waals surface area contributed by atoms with Gasteiger partial charge in [-0.25, -0.2) is 0 Å². The molecule has 0 radical (unpaired) electrons. The molecule has 0 fully saturated rings. The standard InChI is InChI=1S/C18H22N2O2/c1-13(18(22)14-6-3-2-4-7-14)20-11-10-17(21)15-8-5-9-16(19)12-15/h2-9,12-13,18,20,22H,10-11,19H2,1H3. The Morgan fingerprint density at radius 3 is 2.59 bits per heavy atom. The minimum Gasteiger partial charge on any atom is -0.399 e. The molecule has 0 saturated carbocycles. The van der Waals surface area contributed by atoms with E-state index in [2.05, 4.69) is 5.32 Å². The Hall–Kier alpha value is -2.17. The van der Waals surface area contributed by atoms with Crippen LogP contribution in [-0.4, -0.2) is 23.5 Å². The number of nitrogen functional groups attached to an aromatic ring is 1. The van der Waals surface area contributed by atoms with E-state index in [0.29, 0.717) is 24.2 Å². The van der Waals surface area contributed by atoms with E-state index < -0.39 is 6.10 Å². The molecule has 2 aromatic rings. The van der Waals surface area contributed by atoms with Gasteiger partial charge in [0, 0.05) is 30.3 Å². The summed E-state index contributed by atoms with van der Waals surface area (Å²) in [5, 5.41) is 13.4. The molecule has 2 atom stereocenters. The predicted molar refractivity (Wildman–Crippen MR) is 88.7 cm³/mol. The molecule has 0 amide bonds. The van der Waals surface area contributed by atoms with Crippen LogP contribution in [0.25, 0.3) is 0 Å². The lowest BCUT2D eigenvalue weighted by Gasteiger charge is -2.20. The first-order valence-corrected chi connectivity index (χ1v) is 7.43. The van der Waals surface area contributed by atoms with E-state index in [1.165, 1.54) is 0 Å². The Morgan fingerprint density at radius 1 is 1.18 bits per heavy atom. The van der Waals surface area contributed by atoms with Crippen molar-refractivity contribution in [1.82, 2.24) is 5.32 Å². The number of aliphatic hydroxyl groups is 1. The third-order valence-corrected chi connectivity index (χ3v) is 3.64. The number of ketones is 1. The van der Waals surface area contributed by atoms with Crippen molar-refractivity contribution in [1.29, 1.82) is 0 Å². The topological polar surface area (TPSA) is 75.4 Å². The minimum atomic E-state index is -0.594. The van der Waals surface area contributed by atoms with Gasteiger partial charge >= 0.3 is 0 Å². The van der Waals surface area contributed by atoms with Crippen molar-refractivity contribution in [3.63, 3.8) is 0 Å². The number of hydrogen-bond acceptors (Lipinski definition) is 4. The molecule has 0 saturated heterocycles. The third kappa shape index (κ3) is 4.41. The van der Waals surface area contributed by atoms with Gasteiger partial charge in [0.2, 0.25) is 0 Å². The van der Waals surface area contributed by atoms with Crippen LogP contribution in [0.5, 0.6) is 0 Å². The highest BCUT2D eigenvalue weighted by Crippen LogP contribution is 2.16. The molecule has 0 aliphatic rings. The van der Waals surface area contributed by atoms with E-state index in [1.807, 2.05) is 37.3 Å². The smallest absolute Gasteiger partial charge is 0.164 e. The van der Waals surface area contributed by atoms with E-state index >= 15 is 0 Å². The summed E-state index contributed by atoms with van der Waals surface area (Å²) in [6, 6.07) is 16.3. The SMILES string of the molecule is CC(NCCC(=O)c1cccc(N)c1)C(O)c1ccccc1. The first-order chi connectivity index (χ1) is 10.6. The maximum Gasteiger partial charge on any atom is 0.164 e. The maximum atomic E-state index is 12.1. The van der Waals surface area contributed by atoms with Gasteiger partial charge in [0.25, 0.3) is 0 Å². The van der Waals surface area contributed by atoms with Crippen LogP contribution in [0.15, 0.2) is 54.6 Å². The fraction of sp³-hybridized carbons (Fsp3) is 0.278. The lowest BCUT2D eigenvalue weighted by molar-refractivity contribution is 0.0972. The molecule has 4 heteroatoms. The van der Waals surface area contributed by atoms with Crippen molar-refractivity contribution >= 4 is 11.5 Å². The van der Waals surface area contributed by atoms with Gasteiger partial charge < -0.3 is 16.2 Å². The second kappa shape index (κ2) is 7.73. The van der Waals surface area contributed by atoms with Crippen molar-refractivity contribution in [2.45, 2.75) is 25.5 Å². The number of benzene rings is 2. The molecule has 2 rings (SSSR count). The highest BCUT2D eigenvalue weighted by Gasteiger charge is 2.15. The summed E-state index contributed by atoms with van der Waals surface area (Å²) in [5.74, 6) is 0.0428. The zero-order valence-corrected chi connectivity index (χ0v) is 12.7. The molecule has 2 unspecified atom stereocenters. The Morgan fingerprint density at radius 2 is 1.91 bits per heavy atom. The number of Topliss-reactive ketones (excluding diaryl/α,β-unsaturated/α-hetero) is 1. The van der Waals surface area contributed by atoms with Crippen LogP contribution in [0.3, 0.4) is 0 Å². The Labute approximate surface area is 131 Å². The van der Waals surface area contributed by atoms with Gasteiger partial charge in [-0.05, 0) is 24.6 Å². The molecule has 0 heterocycles. The second-order valence-electron chi connectivity index (χ2n) is 5.40. The Bertz CT molecular complexity index is 613. The molecule has 116 valence electrons. The molecule has 0 bridgehead atoms. The predicted octanol–water partition coefficient (Wildman–Crippen LogP) is 2.55. The van der Waals surface area contributed by atoms with Crippen molar-refractivity contribution in [3.8, 4) is 0 Å². The molecule has 4 N–H and O–H groups in total. The van der Waals surface area contributed by atoms with Gasteiger partial charge in [-0.2, -0.15) is 0 Å². The highest BCUT2D eigenvalue weighted by atomic mass is 16.3. The molecule has 4 nitrogen and oxygen atoms in total. The normalized spacial score (nSPS) is 13.5.